The Morgan fingerprint density at radius 2 is 2.06 bits per heavy atom. The molecule has 0 aliphatic carbocycles. The summed E-state index contributed by atoms with van der Waals surface area (Å²) in [6.45, 7) is 0.112. The molecule has 1 rings (SSSR count). The van der Waals surface area contributed by atoms with E-state index in [9.17, 15) is 21.6 Å². The average Bonchev–Trinajstić information content (AvgIpc) is 2.58. The summed E-state index contributed by atoms with van der Waals surface area (Å²) in [6.07, 6.45) is -5.68. The molecule has 0 saturated carbocycles. The molecule has 0 unspecified atom stereocenters. The highest BCUT2D eigenvalue weighted by Crippen LogP contribution is 2.21. The molecule has 0 radical (unpaired) electrons. The lowest BCUT2D eigenvalue weighted by Gasteiger charge is -2.07. The quantitative estimate of drug-likeness (QED) is 0.855. The van der Waals surface area contributed by atoms with E-state index in [4.69, 9.17) is 9.52 Å². The van der Waals surface area contributed by atoms with Crippen molar-refractivity contribution in [2.24, 2.45) is 0 Å². The maximum atomic E-state index is 11.9. The largest absolute Gasteiger partial charge is 0.462 e. The maximum absolute atomic E-state index is 11.9. The van der Waals surface area contributed by atoms with Crippen LogP contribution in [0.3, 0.4) is 0 Å². The molecule has 0 aliphatic rings. The van der Waals surface area contributed by atoms with Crippen molar-refractivity contribution < 1.29 is 31.1 Å². The Hall–Kier alpha value is -1.06. The number of alkyl halides is 3. The molecule has 5 nitrogen and oxygen atoms in total. The standard InChI is InChI=1S/C9H12F3NO4S/c1-6-8(4-7(5-14)17-6)18(15,16)13-3-2-9(10,11)12/h4,13-14H,2-3,5H2,1H3. The van der Waals surface area contributed by atoms with E-state index in [0.717, 1.165) is 6.07 Å². The molecule has 0 spiro atoms. The summed E-state index contributed by atoms with van der Waals surface area (Å²) in [5, 5.41) is 8.77. The minimum absolute atomic E-state index is 0.0126. The van der Waals surface area contributed by atoms with Gasteiger partial charge in [-0.25, -0.2) is 13.1 Å². The van der Waals surface area contributed by atoms with Crippen LogP contribution < -0.4 is 4.72 Å². The third kappa shape index (κ3) is 4.00. The minimum atomic E-state index is -4.43. The zero-order valence-corrected chi connectivity index (χ0v) is 10.2. The van der Waals surface area contributed by atoms with E-state index in [-0.39, 0.29) is 16.4 Å². The minimum Gasteiger partial charge on any atom is -0.462 e. The van der Waals surface area contributed by atoms with Gasteiger partial charge < -0.3 is 9.52 Å². The number of halogens is 3. The zero-order chi connectivity index (χ0) is 14.0. The molecule has 1 heterocycles. The van der Waals surface area contributed by atoms with E-state index in [1.54, 1.807) is 0 Å². The van der Waals surface area contributed by atoms with Crippen LogP contribution in [0.1, 0.15) is 17.9 Å². The highest BCUT2D eigenvalue weighted by Gasteiger charge is 2.28. The van der Waals surface area contributed by atoms with Crippen molar-refractivity contribution in [2.75, 3.05) is 6.54 Å². The number of furan rings is 1. The van der Waals surface area contributed by atoms with E-state index in [0.29, 0.717) is 0 Å². The molecule has 0 bridgehead atoms. The SMILES string of the molecule is Cc1oc(CO)cc1S(=O)(=O)NCCC(F)(F)F. The van der Waals surface area contributed by atoms with E-state index in [2.05, 4.69) is 0 Å². The molecule has 1 aromatic heterocycles. The van der Waals surface area contributed by atoms with Gasteiger partial charge in [0.2, 0.25) is 10.0 Å². The number of nitrogens with one attached hydrogen (secondary N) is 1. The van der Waals surface area contributed by atoms with Crippen LogP contribution in [0.25, 0.3) is 0 Å². The van der Waals surface area contributed by atoms with Gasteiger partial charge in [-0.15, -0.1) is 0 Å². The first-order chi connectivity index (χ1) is 8.15. The number of rotatable bonds is 5. The molecule has 0 atom stereocenters. The second-order valence-corrected chi connectivity index (χ2v) is 5.29. The lowest BCUT2D eigenvalue weighted by Crippen LogP contribution is -2.28. The molecule has 104 valence electrons. The first-order valence-electron chi connectivity index (χ1n) is 4.92. The second kappa shape index (κ2) is 5.29. The summed E-state index contributed by atoms with van der Waals surface area (Å²) in [5.41, 5.74) is 0. The third-order valence-corrected chi connectivity index (χ3v) is 3.64. The number of aryl methyl sites for hydroxylation is 1. The maximum Gasteiger partial charge on any atom is 0.390 e. The Bertz CT molecular complexity index is 506. The summed E-state index contributed by atoms with van der Waals surface area (Å²) in [6, 6.07) is 1.07. The molecule has 0 aromatic carbocycles. The van der Waals surface area contributed by atoms with Gasteiger partial charge in [-0.1, -0.05) is 0 Å². The number of sulfonamides is 1. The summed E-state index contributed by atoms with van der Waals surface area (Å²) in [7, 11) is -4.06. The Morgan fingerprint density at radius 1 is 1.44 bits per heavy atom. The summed E-state index contributed by atoms with van der Waals surface area (Å²) < 4.78 is 65.7. The molecule has 18 heavy (non-hydrogen) atoms. The molecular formula is C9H12F3NO4S. The van der Waals surface area contributed by atoms with Crippen LogP contribution in [0, 0.1) is 6.92 Å². The predicted octanol–water partition coefficient (Wildman–Crippen LogP) is 1.31. The van der Waals surface area contributed by atoms with E-state index < -0.39 is 35.8 Å². The predicted molar refractivity (Wildman–Crippen MR) is 55.2 cm³/mol. The zero-order valence-electron chi connectivity index (χ0n) is 9.41. The van der Waals surface area contributed by atoms with Crippen LogP contribution in [0.15, 0.2) is 15.4 Å². The topological polar surface area (TPSA) is 79.5 Å². The molecular weight excluding hydrogens is 275 g/mol. The summed E-state index contributed by atoms with van der Waals surface area (Å²) in [4.78, 5) is -0.270. The first kappa shape index (κ1) is 15.0. The van der Waals surface area contributed by atoms with E-state index in [1.165, 1.54) is 6.92 Å². The summed E-state index contributed by atoms with van der Waals surface area (Å²) >= 11 is 0. The highest BCUT2D eigenvalue weighted by molar-refractivity contribution is 7.89. The molecule has 0 saturated heterocycles. The van der Waals surface area contributed by atoms with Crippen molar-refractivity contribution in [1.82, 2.24) is 4.72 Å². The van der Waals surface area contributed by atoms with Crippen molar-refractivity contribution in [2.45, 2.75) is 31.0 Å². The van der Waals surface area contributed by atoms with Gasteiger partial charge in [0.25, 0.3) is 0 Å². The van der Waals surface area contributed by atoms with Crippen LogP contribution >= 0.6 is 0 Å². The van der Waals surface area contributed by atoms with Gasteiger partial charge >= 0.3 is 6.18 Å². The molecule has 1 aromatic rings. The molecule has 9 heteroatoms. The van der Waals surface area contributed by atoms with Gasteiger partial charge in [-0.2, -0.15) is 13.2 Å². The smallest absolute Gasteiger partial charge is 0.390 e. The number of aliphatic hydroxyl groups excluding tert-OH is 1. The molecule has 2 N–H and O–H groups in total. The van der Waals surface area contributed by atoms with Crippen LogP contribution in [0.2, 0.25) is 0 Å². The molecule has 0 aliphatic heterocycles. The Balaban J connectivity index is 2.77. The third-order valence-electron chi connectivity index (χ3n) is 2.07. The van der Waals surface area contributed by atoms with Gasteiger partial charge in [0.15, 0.2) is 0 Å². The van der Waals surface area contributed by atoms with E-state index >= 15 is 0 Å². The fraction of sp³-hybridized carbons (Fsp3) is 0.556. The highest BCUT2D eigenvalue weighted by atomic mass is 32.2. The Kier molecular flexibility index (Phi) is 4.41. The Labute approximate surface area is 102 Å². The molecule has 0 amide bonds. The number of aliphatic hydroxyl groups is 1. The summed E-state index contributed by atoms with van der Waals surface area (Å²) in [5.74, 6) is 0.0438. The van der Waals surface area contributed by atoms with Crippen molar-refractivity contribution in [3.63, 3.8) is 0 Å². The van der Waals surface area contributed by atoms with E-state index in [1.807, 2.05) is 4.72 Å². The van der Waals surface area contributed by atoms with Gasteiger partial charge in [-0.3, -0.25) is 0 Å². The van der Waals surface area contributed by atoms with Crippen molar-refractivity contribution in [3.05, 3.63) is 17.6 Å². The van der Waals surface area contributed by atoms with Gasteiger partial charge in [-0.05, 0) is 6.92 Å². The average molecular weight is 287 g/mol. The fourth-order valence-electron chi connectivity index (χ4n) is 1.27. The number of hydrogen-bond donors (Lipinski definition) is 2. The Morgan fingerprint density at radius 3 is 2.50 bits per heavy atom. The van der Waals surface area contributed by atoms with Crippen LogP contribution in [0.4, 0.5) is 13.2 Å². The second-order valence-electron chi connectivity index (χ2n) is 3.55. The van der Waals surface area contributed by atoms with Gasteiger partial charge in [0, 0.05) is 12.6 Å². The normalized spacial score (nSPS) is 12.9. The van der Waals surface area contributed by atoms with Crippen LogP contribution in [-0.4, -0.2) is 26.2 Å². The lowest BCUT2D eigenvalue weighted by molar-refractivity contribution is -0.132. The lowest BCUT2D eigenvalue weighted by atomic mass is 10.4. The van der Waals surface area contributed by atoms with Crippen LogP contribution in [0.5, 0.6) is 0 Å². The van der Waals surface area contributed by atoms with Crippen molar-refractivity contribution >= 4 is 10.0 Å². The first-order valence-corrected chi connectivity index (χ1v) is 6.40. The van der Waals surface area contributed by atoms with Crippen molar-refractivity contribution in [1.29, 1.82) is 0 Å². The monoisotopic (exact) mass is 287 g/mol. The fourth-order valence-corrected chi connectivity index (χ4v) is 2.51. The molecule has 0 fully saturated rings. The van der Waals surface area contributed by atoms with Gasteiger partial charge in [0.1, 0.15) is 23.0 Å². The van der Waals surface area contributed by atoms with Crippen LogP contribution in [-0.2, 0) is 16.6 Å². The number of hydrogen-bond acceptors (Lipinski definition) is 4. The van der Waals surface area contributed by atoms with Crippen molar-refractivity contribution in [3.8, 4) is 0 Å². The van der Waals surface area contributed by atoms with Gasteiger partial charge in [0.05, 0.1) is 6.42 Å².